The number of hydrogen-bond acceptors (Lipinski definition) is 8. The molecule has 0 aliphatic carbocycles. The summed E-state index contributed by atoms with van der Waals surface area (Å²) in [6, 6.07) is 14.0. The smallest absolute Gasteiger partial charge is 0.308 e. The molecule has 4 aromatic heterocycles. The van der Waals surface area contributed by atoms with E-state index in [1.165, 1.54) is 114 Å². The van der Waals surface area contributed by atoms with Crippen LogP contribution in [0.25, 0.3) is 22.2 Å². The van der Waals surface area contributed by atoms with E-state index >= 15 is 0 Å². The van der Waals surface area contributed by atoms with Crippen LogP contribution in [0.1, 0.15) is 146 Å². The van der Waals surface area contributed by atoms with Gasteiger partial charge in [-0.25, -0.2) is 4.57 Å². The first-order chi connectivity index (χ1) is 30.6. The van der Waals surface area contributed by atoms with Crippen molar-refractivity contribution in [3.05, 3.63) is 95.8 Å². The first-order valence-electron chi connectivity index (χ1n) is 23.8. The molecule has 12 heteroatoms. The van der Waals surface area contributed by atoms with Crippen LogP contribution in [-0.2, 0) is 40.2 Å². The number of benzene rings is 1. The maximum atomic E-state index is 11.9. The summed E-state index contributed by atoms with van der Waals surface area (Å²) in [6.45, 7) is 6.73. The molecule has 0 saturated heterocycles. The Balaban J connectivity index is 0.00000871. The van der Waals surface area contributed by atoms with Gasteiger partial charge in [-0.2, -0.15) is 0 Å². The SMILES string of the molecule is CC(=O)Oc1c(-c2cn(CCCCCCCCCCOCCCc3ccc[n+](CCCCCCCCCCCCOCCCc4cccnc4)c3)nn2)cc(Cl)c2cccnc12.Cl. The minimum atomic E-state index is -0.425. The van der Waals surface area contributed by atoms with Crippen molar-refractivity contribution in [2.24, 2.45) is 0 Å². The van der Waals surface area contributed by atoms with Crippen molar-refractivity contribution in [2.75, 3.05) is 26.4 Å². The molecule has 1 aromatic carbocycles. The normalized spacial score (nSPS) is 11.3. The molecule has 0 saturated carbocycles. The Morgan fingerprint density at radius 2 is 1.29 bits per heavy atom. The van der Waals surface area contributed by atoms with Crippen molar-refractivity contribution in [3.8, 4) is 17.0 Å². The number of hydrogen-bond donors (Lipinski definition) is 0. The lowest BCUT2D eigenvalue weighted by Gasteiger charge is -2.11. The summed E-state index contributed by atoms with van der Waals surface area (Å²) >= 11 is 6.55. The molecule has 0 N–H and O–H groups in total. The summed E-state index contributed by atoms with van der Waals surface area (Å²) < 4.78 is 21.6. The second-order valence-electron chi connectivity index (χ2n) is 16.7. The van der Waals surface area contributed by atoms with Gasteiger partial charge in [0.2, 0.25) is 0 Å². The molecule has 0 spiro atoms. The molecule has 0 fully saturated rings. The number of esters is 1. The van der Waals surface area contributed by atoms with E-state index in [9.17, 15) is 4.79 Å². The third kappa shape index (κ3) is 20.6. The van der Waals surface area contributed by atoms with Crippen LogP contribution in [0.4, 0.5) is 0 Å². The molecule has 5 aromatic rings. The fourth-order valence-electron chi connectivity index (χ4n) is 7.97. The molecule has 10 nitrogen and oxygen atoms in total. The topological polar surface area (TPSA) is 105 Å². The molecule has 0 amide bonds. The third-order valence-corrected chi connectivity index (χ3v) is 11.7. The first-order valence-corrected chi connectivity index (χ1v) is 24.1. The first kappa shape index (κ1) is 51.7. The average Bonchev–Trinajstić information content (AvgIpc) is 3.76. The lowest BCUT2D eigenvalue weighted by Crippen LogP contribution is -2.33. The Bertz CT molecular complexity index is 1980. The van der Waals surface area contributed by atoms with Gasteiger partial charge in [-0.1, -0.05) is 106 Å². The number of unbranched alkanes of at least 4 members (excludes halogenated alkanes) is 16. The molecule has 0 aliphatic heterocycles. The molecule has 344 valence electrons. The second-order valence-corrected chi connectivity index (χ2v) is 17.1. The highest BCUT2D eigenvalue weighted by molar-refractivity contribution is 6.36. The number of aromatic nitrogens is 6. The highest BCUT2D eigenvalue weighted by Crippen LogP contribution is 2.39. The number of ether oxygens (including phenoxy) is 3. The Hall–Kier alpha value is -3.96. The van der Waals surface area contributed by atoms with Crippen molar-refractivity contribution in [2.45, 2.75) is 161 Å². The maximum absolute atomic E-state index is 11.9. The molecule has 4 heterocycles. The minimum Gasteiger partial charge on any atom is -0.424 e. The summed E-state index contributed by atoms with van der Waals surface area (Å²) in [6.07, 6.45) is 38.9. The monoisotopic (exact) mass is 904 g/mol. The van der Waals surface area contributed by atoms with Gasteiger partial charge in [0.25, 0.3) is 0 Å². The van der Waals surface area contributed by atoms with E-state index in [4.69, 9.17) is 25.8 Å². The molecule has 0 bridgehead atoms. The molecule has 0 aliphatic rings. The van der Waals surface area contributed by atoms with E-state index in [0.717, 1.165) is 89.8 Å². The van der Waals surface area contributed by atoms with E-state index < -0.39 is 5.97 Å². The van der Waals surface area contributed by atoms with E-state index in [0.29, 0.717) is 27.5 Å². The van der Waals surface area contributed by atoms with Crippen LogP contribution in [0.15, 0.2) is 79.6 Å². The zero-order valence-electron chi connectivity index (χ0n) is 37.9. The largest absolute Gasteiger partial charge is 0.424 e. The predicted molar refractivity (Wildman–Crippen MR) is 257 cm³/mol. The minimum absolute atomic E-state index is 0. The van der Waals surface area contributed by atoms with E-state index in [-0.39, 0.29) is 12.4 Å². The van der Waals surface area contributed by atoms with Crippen molar-refractivity contribution in [1.29, 1.82) is 0 Å². The molecule has 0 atom stereocenters. The lowest BCUT2D eigenvalue weighted by molar-refractivity contribution is -0.697. The van der Waals surface area contributed by atoms with Crippen LogP contribution in [-0.4, -0.2) is 57.4 Å². The molecule has 0 unspecified atom stereocenters. The number of fused-ring (bicyclic) bond motifs is 1. The number of aryl methyl sites for hydroxylation is 4. The van der Waals surface area contributed by atoms with Gasteiger partial charge in [-0.3, -0.25) is 19.4 Å². The van der Waals surface area contributed by atoms with Gasteiger partial charge in [0.15, 0.2) is 18.1 Å². The van der Waals surface area contributed by atoms with Crippen molar-refractivity contribution in [1.82, 2.24) is 25.0 Å². The summed E-state index contributed by atoms with van der Waals surface area (Å²) in [5.74, 6) is -0.0699. The molecule has 63 heavy (non-hydrogen) atoms. The number of rotatable bonds is 34. The summed E-state index contributed by atoms with van der Waals surface area (Å²) in [5.41, 5.74) is 4.45. The second kappa shape index (κ2) is 31.8. The standard InChI is InChI=1S/C51H72ClN6O4.ClH/c1-43(59)62-51-47(39-48(52)46-29-21-31-54-50(46)51)49-42-58(56-55-49)34-17-13-9-5-7-11-15-19-36-61-38-24-28-45-26-22-33-57(41-45)32-16-12-8-4-2-3-6-10-14-18-35-60-37-23-27-44-25-20-30-53-40-44;/h20-22,25-26,29-31,33,39-42H,2-19,23-24,27-28,32,34-38H2,1H3;1H/q+1;. The fourth-order valence-corrected chi connectivity index (χ4v) is 8.23. The highest BCUT2D eigenvalue weighted by atomic mass is 35.5. The lowest BCUT2D eigenvalue weighted by atomic mass is 10.1. The Morgan fingerprint density at radius 3 is 1.94 bits per heavy atom. The van der Waals surface area contributed by atoms with Crippen molar-refractivity contribution < 1.29 is 23.6 Å². The van der Waals surface area contributed by atoms with Gasteiger partial charge in [0.05, 0.1) is 16.8 Å². The van der Waals surface area contributed by atoms with Crippen molar-refractivity contribution in [3.63, 3.8) is 0 Å². The van der Waals surface area contributed by atoms with Crippen LogP contribution in [0.5, 0.6) is 5.75 Å². The number of carbonyl (C=O) groups is 1. The Kier molecular flexibility index (Phi) is 26.1. The van der Waals surface area contributed by atoms with Crippen LogP contribution in [0, 0.1) is 0 Å². The molecular weight excluding hydrogens is 832 g/mol. The zero-order valence-corrected chi connectivity index (χ0v) is 39.5. The number of halogens is 2. The van der Waals surface area contributed by atoms with Gasteiger partial charge < -0.3 is 14.2 Å². The molecular formula is C51H73Cl2N6O4+. The van der Waals surface area contributed by atoms with Gasteiger partial charge in [-0.05, 0) is 87.3 Å². The van der Waals surface area contributed by atoms with Crippen LogP contribution >= 0.6 is 24.0 Å². The Morgan fingerprint density at radius 1 is 0.698 bits per heavy atom. The quantitative estimate of drug-likeness (QED) is 0.0174. The van der Waals surface area contributed by atoms with E-state index in [1.807, 2.05) is 35.4 Å². The molecule has 0 radical (unpaired) electrons. The summed E-state index contributed by atoms with van der Waals surface area (Å²) in [7, 11) is 0. The van der Waals surface area contributed by atoms with Gasteiger partial charge in [0.1, 0.15) is 17.8 Å². The molecule has 5 rings (SSSR count). The average molecular weight is 905 g/mol. The number of pyridine rings is 3. The summed E-state index contributed by atoms with van der Waals surface area (Å²) in [5, 5.41) is 9.92. The fraction of sp³-hybridized carbons (Fsp3) is 0.569. The van der Waals surface area contributed by atoms with Gasteiger partial charge >= 0.3 is 5.97 Å². The third-order valence-electron chi connectivity index (χ3n) is 11.4. The van der Waals surface area contributed by atoms with E-state index in [2.05, 4.69) is 55.4 Å². The van der Waals surface area contributed by atoms with E-state index in [1.54, 1.807) is 18.3 Å². The van der Waals surface area contributed by atoms with Crippen LogP contribution in [0.3, 0.4) is 0 Å². The zero-order chi connectivity index (χ0) is 43.3. The van der Waals surface area contributed by atoms with Gasteiger partial charge in [0, 0.05) is 81.9 Å². The van der Waals surface area contributed by atoms with Gasteiger partial charge in [-0.15, -0.1) is 17.5 Å². The Labute approximate surface area is 388 Å². The highest BCUT2D eigenvalue weighted by Gasteiger charge is 2.19. The number of carbonyl (C=O) groups excluding carboxylic acids is 1. The van der Waals surface area contributed by atoms with Crippen LogP contribution in [0.2, 0.25) is 5.02 Å². The maximum Gasteiger partial charge on any atom is 0.308 e. The predicted octanol–water partition coefficient (Wildman–Crippen LogP) is 12.5. The summed E-state index contributed by atoms with van der Waals surface area (Å²) in [4.78, 5) is 20.5. The number of nitrogens with zero attached hydrogens (tertiary/aromatic N) is 6. The van der Waals surface area contributed by atoms with Crippen molar-refractivity contribution >= 4 is 40.9 Å². The van der Waals surface area contributed by atoms with Crippen LogP contribution < -0.4 is 9.30 Å².